The van der Waals surface area contributed by atoms with Crippen LogP contribution in [0.25, 0.3) is 5.69 Å². The first kappa shape index (κ1) is 12.8. The normalized spacial score (nSPS) is 10.5. The molecule has 2 aromatic rings. The van der Waals surface area contributed by atoms with Crippen molar-refractivity contribution in [1.82, 2.24) is 14.8 Å². The minimum absolute atomic E-state index is 0.00931. The molecule has 1 aromatic carbocycles. The van der Waals surface area contributed by atoms with Crippen LogP contribution in [0, 0.1) is 17.1 Å². The van der Waals surface area contributed by atoms with E-state index >= 15 is 0 Å². The molecule has 0 aliphatic heterocycles. The lowest BCUT2D eigenvalue weighted by atomic mass is 10.2. The van der Waals surface area contributed by atoms with Gasteiger partial charge in [0.1, 0.15) is 12.4 Å². The van der Waals surface area contributed by atoms with E-state index in [1.165, 1.54) is 17.1 Å². The Balaban J connectivity index is 2.48. The number of hydrogen-bond acceptors (Lipinski definition) is 5. The second-order valence-corrected chi connectivity index (χ2v) is 4.13. The maximum atomic E-state index is 13.7. The molecule has 6 nitrogen and oxygen atoms in total. The third kappa shape index (κ3) is 2.63. The van der Waals surface area contributed by atoms with E-state index in [1.807, 2.05) is 0 Å². The maximum Gasteiger partial charge on any atom is 0.252 e. The molecule has 0 aliphatic rings. The number of rotatable bonds is 3. The summed E-state index contributed by atoms with van der Waals surface area (Å²) in [6, 6.07) is 4.39. The van der Waals surface area contributed by atoms with Gasteiger partial charge >= 0.3 is 0 Å². The van der Waals surface area contributed by atoms with E-state index in [2.05, 4.69) is 10.1 Å². The number of ether oxygens (including phenoxy) is 1. The lowest BCUT2D eigenvalue weighted by molar-refractivity contribution is 0.231. The summed E-state index contributed by atoms with van der Waals surface area (Å²) in [4.78, 5) is 3.77. The van der Waals surface area contributed by atoms with Gasteiger partial charge in [0.15, 0.2) is 11.6 Å². The number of aromatic nitrogens is 3. The van der Waals surface area contributed by atoms with Crippen molar-refractivity contribution in [2.45, 2.75) is 20.0 Å². The van der Waals surface area contributed by atoms with Crippen molar-refractivity contribution >= 4 is 5.69 Å². The lowest BCUT2D eigenvalue weighted by Gasteiger charge is -2.13. The fourth-order valence-corrected chi connectivity index (χ4v) is 1.53. The molecule has 7 heteroatoms. The third-order valence-corrected chi connectivity index (χ3v) is 2.28. The van der Waals surface area contributed by atoms with Crippen LogP contribution in [0.1, 0.15) is 19.7 Å². The monoisotopic (exact) mass is 261 g/mol. The Labute approximate surface area is 109 Å². The number of nitrogen functional groups attached to an aromatic ring is 1. The zero-order valence-electron chi connectivity index (χ0n) is 10.5. The van der Waals surface area contributed by atoms with Gasteiger partial charge in [-0.3, -0.25) is 0 Å². The molecular formula is C12H12FN5O. The molecule has 2 rings (SSSR count). The molecule has 1 aromatic heterocycles. The van der Waals surface area contributed by atoms with Crippen molar-refractivity contribution in [3.8, 4) is 17.5 Å². The summed E-state index contributed by atoms with van der Waals surface area (Å²) in [7, 11) is 0. The number of nitrogens with zero attached hydrogens (tertiary/aromatic N) is 4. The summed E-state index contributed by atoms with van der Waals surface area (Å²) in [5.41, 5.74) is 6.33. The summed E-state index contributed by atoms with van der Waals surface area (Å²) < 4.78 is 20.3. The second-order valence-electron chi connectivity index (χ2n) is 4.13. The number of anilines is 1. The van der Waals surface area contributed by atoms with Crippen LogP contribution in [0.2, 0.25) is 0 Å². The van der Waals surface area contributed by atoms with Gasteiger partial charge in [-0.15, -0.1) is 5.10 Å². The molecule has 0 radical (unpaired) electrons. The van der Waals surface area contributed by atoms with Crippen molar-refractivity contribution in [3.63, 3.8) is 0 Å². The molecule has 0 spiro atoms. The van der Waals surface area contributed by atoms with E-state index in [1.54, 1.807) is 19.9 Å². The zero-order chi connectivity index (χ0) is 14.0. The fraction of sp³-hybridized carbons (Fsp3) is 0.250. The third-order valence-electron chi connectivity index (χ3n) is 2.28. The molecular weight excluding hydrogens is 249 g/mol. The first-order chi connectivity index (χ1) is 9.01. The summed E-state index contributed by atoms with van der Waals surface area (Å²) in [6.07, 6.45) is 1.16. The number of benzene rings is 1. The van der Waals surface area contributed by atoms with Crippen molar-refractivity contribution < 1.29 is 9.13 Å². The zero-order valence-corrected chi connectivity index (χ0v) is 10.5. The molecule has 0 saturated heterocycles. The van der Waals surface area contributed by atoms with E-state index < -0.39 is 5.82 Å². The van der Waals surface area contributed by atoms with Gasteiger partial charge in [0.25, 0.3) is 5.82 Å². The molecule has 2 N–H and O–H groups in total. The predicted octanol–water partition coefficient (Wildman–Crippen LogP) is 1.65. The Kier molecular flexibility index (Phi) is 3.33. The quantitative estimate of drug-likeness (QED) is 0.848. The Hall–Kier alpha value is -2.62. The summed E-state index contributed by atoms with van der Waals surface area (Å²) in [6.45, 7) is 3.58. The Bertz CT molecular complexity index is 644. The summed E-state index contributed by atoms with van der Waals surface area (Å²) >= 11 is 0. The molecule has 0 unspecified atom stereocenters. The fourth-order valence-electron chi connectivity index (χ4n) is 1.53. The van der Waals surface area contributed by atoms with Crippen LogP contribution in [0.15, 0.2) is 18.5 Å². The van der Waals surface area contributed by atoms with Crippen molar-refractivity contribution in [1.29, 1.82) is 5.26 Å². The van der Waals surface area contributed by atoms with Gasteiger partial charge in [0, 0.05) is 12.1 Å². The van der Waals surface area contributed by atoms with E-state index in [0.717, 1.165) is 6.07 Å². The highest BCUT2D eigenvalue weighted by Gasteiger charge is 2.13. The maximum absolute atomic E-state index is 13.7. The van der Waals surface area contributed by atoms with Crippen LogP contribution < -0.4 is 10.5 Å². The Morgan fingerprint density at radius 3 is 2.79 bits per heavy atom. The van der Waals surface area contributed by atoms with Gasteiger partial charge in [-0.1, -0.05) is 0 Å². The van der Waals surface area contributed by atoms with Gasteiger partial charge in [-0.25, -0.2) is 14.1 Å². The molecule has 1 heterocycles. The average Bonchev–Trinajstić information content (AvgIpc) is 2.80. The van der Waals surface area contributed by atoms with E-state index in [9.17, 15) is 4.39 Å². The highest BCUT2D eigenvalue weighted by molar-refractivity contribution is 5.60. The van der Waals surface area contributed by atoms with Gasteiger partial charge in [-0.05, 0) is 13.8 Å². The molecule has 98 valence electrons. The molecule has 19 heavy (non-hydrogen) atoms. The first-order valence-electron chi connectivity index (χ1n) is 5.59. The van der Waals surface area contributed by atoms with E-state index in [4.69, 9.17) is 15.7 Å². The molecule has 0 bridgehead atoms. The molecule has 0 amide bonds. The topological polar surface area (TPSA) is 89.8 Å². The van der Waals surface area contributed by atoms with Crippen LogP contribution in [0.4, 0.5) is 10.1 Å². The highest BCUT2D eigenvalue weighted by atomic mass is 19.1. The van der Waals surface area contributed by atoms with Crippen LogP contribution in [-0.2, 0) is 0 Å². The first-order valence-corrected chi connectivity index (χ1v) is 5.59. The minimum atomic E-state index is -0.546. The SMILES string of the molecule is CC(C)Oc1cc(-n2cnc(C#N)n2)c(N)cc1F. The Morgan fingerprint density at radius 1 is 1.47 bits per heavy atom. The molecule has 0 saturated carbocycles. The van der Waals surface area contributed by atoms with Gasteiger partial charge < -0.3 is 10.5 Å². The lowest BCUT2D eigenvalue weighted by Crippen LogP contribution is -2.09. The number of nitrogens with two attached hydrogens (primary N) is 1. The van der Waals surface area contributed by atoms with Crippen molar-refractivity contribution in [2.75, 3.05) is 5.73 Å². The van der Waals surface area contributed by atoms with Crippen LogP contribution in [0.3, 0.4) is 0 Å². The average molecular weight is 261 g/mol. The van der Waals surface area contributed by atoms with Crippen molar-refractivity contribution in [3.05, 3.63) is 30.1 Å². The molecule has 0 atom stereocenters. The second kappa shape index (κ2) is 4.94. The highest BCUT2D eigenvalue weighted by Crippen LogP contribution is 2.27. The van der Waals surface area contributed by atoms with E-state index in [-0.39, 0.29) is 23.4 Å². The van der Waals surface area contributed by atoms with Gasteiger partial charge in [-0.2, -0.15) is 5.26 Å². The van der Waals surface area contributed by atoms with Gasteiger partial charge in [0.05, 0.1) is 17.5 Å². The van der Waals surface area contributed by atoms with Gasteiger partial charge in [0.2, 0.25) is 0 Å². The summed E-state index contributed by atoms with van der Waals surface area (Å²) in [5.74, 6) is -0.459. The molecule has 0 aliphatic carbocycles. The number of hydrogen-bond donors (Lipinski definition) is 1. The molecule has 0 fully saturated rings. The number of halogens is 1. The summed E-state index contributed by atoms with van der Waals surface area (Å²) in [5, 5.41) is 12.6. The van der Waals surface area contributed by atoms with Crippen LogP contribution in [0.5, 0.6) is 5.75 Å². The minimum Gasteiger partial charge on any atom is -0.488 e. The predicted molar refractivity (Wildman–Crippen MR) is 66.2 cm³/mol. The van der Waals surface area contributed by atoms with Crippen molar-refractivity contribution in [2.24, 2.45) is 0 Å². The van der Waals surface area contributed by atoms with E-state index in [0.29, 0.717) is 5.69 Å². The Morgan fingerprint density at radius 2 is 2.21 bits per heavy atom. The smallest absolute Gasteiger partial charge is 0.252 e. The van der Waals surface area contributed by atoms with Crippen LogP contribution in [-0.4, -0.2) is 20.9 Å². The standard InChI is InChI=1S/C12H12FN5O/c1-7(2)19-11-4-10(9(15)3-8(11)13)18-6-16-12(5-14)17-18/h3-4,6-7H,15H2,1-2H3. The largest absolute Gasteiger partial charge is 0.488 e. The van der Waals surface area contributed by atoms with Crippen LogP contribution >= 0.6 is 0 Å². The number of nitriles is 1.